The number of esters is 2. The lowest BCUT2D eigenvalue weighted by Crippen LogP contribution is -2.37. The standard InChI is InChI=1S/C28H46O10/c1-4-31-16-32-17-34-24-9-11-25(12-10-24)36-19-37-27-14-13-26(15-20(27)2)38-28(30)22-5-7-23(8-6-22)35-18-33-21(3)29/h4,20,22-27H,1,5-19H2,2-3H3. The predicted octanol–water partition coefficient (Wildman–Crippen LogP) is 4.59. The first-order valence-corrected chi connectivity index (χ1v) is 14.0. The first kappa shape index (κ1) is 30.8. The third-order valence-electron chi connectivity index (χ3n) is 7.76. The minimum Gasteiger partial charge on any atom is -0.476 e. The lowest BCUT2D eigenvalue weighted by atomic mass is 9.85. The molecule has 0 spiro atoms. The molecule has 3 fully saturated rings. The van der Waals surface area contributed by atoms with Gasteiger partial charge in [-0.15, -0.1) is 0 Å². The van der Waals surface area contributed by atoms with Gasteiger partial charge in [0.05, 0.1) is 36.6 Å². The fourth-order valence-corrected chi connectivity index (χ4v) is 5.48. The highest BCUT2D eigenvalue weighted by molar-refractivity contribution is 5.72. The maximum Gasteiger partial charge on any atom is 0.309 e. The molecule has 0 heterocycles. The summed E-state index contributed by atoms with van der Waals surface area (Å²) in [6.45, 7) is 7.61. The number of carbonyl (C=O) groups is 2. The van der Waals surface area contributed by atoms with Crippen molar-refractivity contribution in [3.05, 3.63) is 12.8 Å². The van der Waals surface area contributed by atoms with Crippen molar-refractivity contribution >= 4 is 11.9 Å². The van der Waals surface area contributed by atoms with E-state index in [1.165, 1.54) is 13.2 Å². The summed E-state index contributed by atoms with van der Waals surface area (Å²) >= 11 is 0. The molecule has 3 atom stereocenters. The van der Waals surface area contributed by atoms with E-state index in [1.807, 2.05) is 0 Å². The van der Waals surface area contributed by atoms with Crippen molar-refractivity contribution in [2.24, 2.45) is 11.8 Å². The Kier molecular flexibility index (Phi) is 13.8. The van der Waals surface area contributed by atoms with Gasteiger partial charge in [0.15, 0.2) is 20.4 Å². The van der Waals surface area contributed by atoms with Crippen LogP contribution in [0.3, 0.4) is 0 Å². The minimum absolute atomic E-state index is 0.0251. The summed E-state index contributed by atoms with van der Waals surface area (Å²) in [5.41, 5.74) is 0. The van der Waals surface area contributed by atoms with E-state index in [0.29, 0.717) is 12.7 Å². The third-order valence-corrected chi connectivity index (χ3v) is 7.76. The Bertz CT molecular complexity index is 700. The van der Waals surface area contributed by atoms with Crippen LogP contribution in [0.15, 0.2) is 12.8 Å². The molecule has 3 saturated carbocycles. The molecule has 10 heteroatoms. The molecule has 0 aromatic rings. The quantitative estimate of drug-likeness (QED) is 0.126. The molecule has 3 unspecified atom stereocenters. The van der Waals surface area contributed by atoms with Gasteiger partial charge in [-0.1, -0.05) is 13.5 Å². The van der Waals surface area contributed by atoms with Crippen LogP contribution in [0.1, 0.15) is 84.5 Å². The Morgan fingerprint density at radius 3 is 1.92 bits per heavy atom. The van der Waals surface area contributed by atoms with Crippen molar-refractivity contribution in [2.75, 3.05) is 27.2 Å². The number of ether oxygens (including phenoxy) is 8. The molecule has 0 N–H and O–H groups in total. The Morgan fingerprint density at radius 1 is 0.737 bits per heavy atom. The Hall–Kier alpha value is -1.72. The van der Waals surface area contributed by atoms with Crippen LogP contribution in [0, 0.1) is 11.8 Å². The van der Waals surface area contributed by atoms with E-state index in [2.05, 4.69) is 13.5 Å². The maximum absolute atomic E-state index is 12.7. The van der Waals surface area contributed by atoms with E-state index in [1.54, 1.807) is 0 Å². The van der Waals surface area contributed by atoms with Crippen LogP contribution in [0.4, 0.5) is 0 Å². The van der Waals surface area contributed by atoms with Crippen LogP contribution in [0.2, 0.25) is 0 Å². The second-order valence-electron chi connectivity index (χ2n) is 10.6. The molecule has 0 aromatic heterocycles. The molecule has 0 bridgehead atoms. The fourth-order valence-electron chi connectivity index (χ4n) is 5.48. The number of hydrogen-bond acceptors (Lipinski definition) is 10. The van der Waals surface area contributed by atoms with E-state index in [4.69, 9.17) is 37.9 Å². The molecule has 0 aromatic carbocycles. The van der Waals surface area contributed by atoms with Gasteiger partial charge in [-0.05, 0) is 76.5 Å². The lowest BCUT2D eigenvalue weighted by molar-refractivity contribution is -0.174. The van der Waals surface area contributed by atoms with Crippen LogP contribution < -0.4 is 0 Å². The molecule has 0 amide bonds. The third kappa shape index (κ3) is 11.2. The maximum atomic E-state index is 12.7. The number of carbonyl (C=O) groups excluding carboxylic acids is 2. The second kappa shape index (κ2) is 17.1. The average Bonchev–Trinajstić information content (AvgIpc) is 2.91. The van der Waals surface area contributed by atoms with E-state index in [0.717, 1.165) is 70.6 Å². The van der Waals surface area contributed by atoms with Crippen LogP contribution in [0.5, 0.6) is 0 Å². The average molecular weight is 543 g/mol. The number of hydrogen-bond donors (Lipinski definition) is 0. The van der Waals surface area contributed by atoms with Crippen LogP contribution >= 0.6 is 0 Å². The summed E-state index contributed by atoms with van der Waals surface area (Å²) in [7, 11) is 0. The largest absolute Gasteiger partial charge is 0.476 e. The highest BCUT2D eigenvalue weighted by Crippen LogP contribution is 2.32. The molecule has 3 aliphatic rings. The molecule has 3 aliphatic carbocycles. The molecule has 0 saturated heterocycles. The molecule has 10 nitrogen and oxygen atoms in total. The summed E-state index contributed by atoms with van der Waals surface area (Å²) in [6.07, 6.45) is 11.0. The molecule has 0 radical (unpaired) electrons. The highest BCUT2D eigenvalue weighted by Gasteiger charge is 2.34. The Morgan fingerprint density at radius 2 is 1.32 bits per heavy atom. The molecule has 0 aliphatic heterocycles. The summed E-state index contributed by atoms with van der Waals surface area (Å²) in [4.78, 5) is 23.6. The Labute approximate surface area is 226 Å². The van der Waals surface area contributed by atoms with Gasteiger partial charge in [-0.25, -0.2) is 0 Å². The van der Waals surface area contributed by atoms with Crippen molar-refractivity contribution < 1.29 is 47.5 Å². The number of rotatable bonds is 15. The predicted molar refractivity (Wildman–Crippen MR) is 136 cm³/mol. The first-order chi connectivity index (χ1) is 18.4. The van der Waals surface area contributed by atoms with Gasteiger partial charge in [-0.3, -0.25) is 9.59 Å². The van der Waals surface area contributed by atoms with Gasteiger partial charge in [0.2, 0.25) is 0 Å². The first-order valence-electron chi connectivity index (χ1n) is 14.0. The van der Waals surface area contributed by atoms with E-state index in [9.17, 15) is 9.59 Å². The van der Waals surface area contributed by atoms with Crippen molar-refractivity contribution in [3.63, 3.8) is 0 Å². The van der Waals surface area contributed by atoms with E-state index in [-0.39, 0.29) is 68.8 Å². The molecule has 38 heavy (non-hydrogen) atoms. The topological polar surface area (TPSA) is 108 Å². The monoisotopic (exact) mass is 542 g/mol. The summed E-state index contributed by atoms with van der Waals surface area (Å²) < 4.78 is 44.2. The van der Waals surface area contributed by atoms with Gasteiger partial charge in [0.25, 0.3) is 0 Å². The van der Waals surface area contributed by atoms with Crippen LogP contribution in [0.25, 0.3) is 0 Å². The van der Waals surface area contributed by atoms with Gasteiger partial charge in [0.1, 0.15) is 12.9 Å². The van der Waals surface area contributed by atoms with Gasteiger partial charge >= 0.3 is 11.9 Å². The van der Waals surface area contributed by atoms with Crippen molar-refractivity contribution in [1.29, 1.82) is 0 Å². The zero-order valence-electron chi connectivity index (χ0n) is 23.0. The van der Waals surface area contributed by atoms with E-state index >= 15 is 0 Å². The smallest absolute Gasteiger partial charge is 0.309 e. The Balaban J connectivity index is 1.22. The highest BCUT2D eigenvalue weighted by atomic mass is 16.7. The van der Waals surface area contributed by atoms with Crippen molar-refractivity contribution in [3.8, 4) is 0 Å². The minimum atomic E-state index is -0.355. The fraction of sp³-hybridized carbons (Fsp3) is 0.857. The molecule has 218 valence electrons. The summed E-state index contributed by atoms with van der Waals surface area (Å²) in [5, 5.41) is 0. The van der Waals surface area contributed by atoms with Crippen molar-refractivity contribution in [2.45, 2.75) is 115 Å². The van der Waals surface area contributed by atoms with Gasteiger partial charge < -0.3 is 37.9 Å². The summed E-state index contributed by atoms with van der Waals surface area (Å²) in [6, 6.07) is 0. The van der Waals surface area contributed by atoms with Crippen LogP contribution in [-0.4, -0.2) is 69.6 Å². The normalized spacial score (nSPS) is 31.8. The lowest BCUT2D eigenvalue weighted by Gasteiger charge is -2.35. The zero-order valence-corrected chi connectivity index (χ0v) is 23.0. The summed E-state index contributed by atoms with van der Waals surface area (Å²) in [5.74, 6) is -0.239. The van der Waals surface area contributed by atoms with E-state index < -0.39 is 0 Å². The molecular formula is C28H46O10. The van der Waals surface area contributed by atoms with Crippen molar-refractivity contribution in [1.82, 2.24) is 0 Å². The van der Waals surface area contributed by atoms with Crippen LogP contribution in [-0.2, 0) is 47.5 Å². The van der Waals surface area contributed by atoms with Gasteiger partial charge in [-0.2, -0.15) is 0 Å². The molecule has 3 rings (SSSR count). The zero-order chi connectivity index (χ0) is 27.2. The molecular weight excluding hydrogens is 496 g/mol. The van der Waals surface area contributed by atoms with Gasteiger partial charge in [0, 0.05) is 6.92 Å². The SMILES string of the molecule is C=COCOCOC1CCC(OCOC2CCC(OC(=O)C3CCC(OCOC(C)=O)CC3)CC2C)CC1. The second-order valence-corrected chi connectivity index (χ2v) is 10.6.